The molecule has 0 bridgehead atoms. The maximum Gasteiger partial charge on any atom is 0.405 e. The first-order valence-electron chi connectivity index (χ1n) is 9.91. The monoisotopic (exact) mass is 382 g/mol. The summed E-state index contributed by atoms with van der Waals surface area (Å²) in [7, 11) is 0. The predicted octanol–water partition coefficient (Wildman–Crippen LogP) is 4.79. The van der Waals surface area contributed by atoms with Gasteiger partial charge in [0, 0.05) is 30.1 Å². The summed E-state index contributed by atoms with van der Waals surface area (Å²) < 4.78 is 19.5. The lowest BCUT2D eigenvalue weighted by atomic mass is 9.87. The fourth-order valence-corrected chi connectivity index (χ4v) is 4.58. The summed E-state index contributed by atoms with van der Waals surface area (Å²) in [4.78, 5) is 14.0. The number of nitrogens with two attached hydrogens (primary N) is 1. The number of nitrogens with zero attached hydrogens (tertiary/aromatic N) is 1. The van der Waals surface area contributed by atoms with Gasteiger partial charge in [-0.15, -0.1) is 0 Å². The minimum atomic E-state index is -0.747. The van der Waals surface area contributed by atoms with Gasteiger partial charge in [-0.25, -0.2) is 9.18 Å². The Balaban J connectivity index is 1.65. The van der Waals surface area contributed by atoms with E-state index in [1.807, 2.05) is 36.4 Å². The van der Waals surface area contributed by atoms with Crippen molar-refractivity contribution in [3.05, 3.63) is 65.5 Å². The van der Waals surface area contributed by atoms with Gasteiger partial charge in [0.25, 0.3) is 0 Å². The van der Waals surface area contributed by atoms with E-state index in [4.69, 9.17) is 10.5 Å². The molecule has 2 unspecified atom stereocenters. The summed E-state index contributed by atoms with van der Waals surface area (Å²) in [6.45, 7) is 5.85. The van der Waals surface area contributed by atoms with Crippen LogP contribution in [-0.4, -0.2) is 19.2 Å². The van der Waals surface area contributed by atoms with Crippen LogP contribution in [0.4, 0.5) is 14.9 Å². The second kappa shape index (κ2) is 7.12. The Labute approximate surface area is 165 Å². The number of hydrogen-bond donors (Lipinski definition) is 1. The second-order valence-corrected chi connectivity index (χ2v) is 8.70. The number of rotatable bonds is 6. The van der Waals surface area contributed by atoms with Crippen molar-refractivity contribution >= 4 is 11.8 Å². The number of fused-ring (bicyclic) bond motifs is 1. The van der Waals surface area contributed by atoms with Gasteiger partial charge in [-0.2, -0.15) is 0 Å². The van der Waals surface area contributed by atoms with E-state index in [0.29, 0.717) is 5.92 Å². The van der Waals surface area contributed by atoms with E-state index in [-0.39, 0.29) is 23.3 Å². The zero-order valence-corrected chi connectivity index (χ0v) is 16.4. The Kier molecular flexibility index (Phi) is 4.77. The minimum absolute atomic E-state index is 0.127. The molecule has 2 atom stereocenters. The number of amides is 1. The van der Waals surface area contributed by atoms with Gasteiger partial charge in [-0.05, 0) is 48.1 Å². The molecular formula is C23H27FN2O2. The Morgan fingerprint density at radius 1 is 1.25 bits per heavy atom. The van der Waals surface area contributed by atoms with E-state index < -0.39 is 6.09 Å². The molecule has 4 nitrogen and oxygen atoms in total. The average molecular weight is 382 g/mol. The number of halogens is 1. The normalized spacial score (nSPS) is 19.8. The lowest BCUT2D eigenvalue weighted by Crippen LogP contribution is -2.37. The van der Waals surface area contributed by atoms with Gasteiger partial charge in [-0.1, -0.05) is 44.2 Å². The lowest BCUT2D eigenvalue weighted by Gasteiger charge is -2.32. The molecule has 1 fully saturated rings. The molecule has 1 aliphatic carbocycles. The number of carbonyl (C=O) groups is 1. The molecule has 2 aromatic carbocycles. The van der Waals surface area contributed by atoms with E-state index in [0.717, 1.165) is 42.7 Å². The molecule has 28 heavy (non-hydrogen) atoms. The van der Waals surface area contributed by atoms with Crippen LogP contribution in [0, 0.1) is 17.7 Å². The summed E-state index contributed by atoms with van der Waals surface area (Å²) in [6.07, 6.45) is 1.13. The van der Waals surface area contributed by atoms with Crippen LogP contribution < -0.4 is 10.6 Å². The van der Waals surface area contributed by atoms with Crippen molar-refractivity contribution in [2.45, 2.75) is 38.2 Å². The average Bonchev–Trinajstić information content (AvgIpc) is 3.45. The highest BCUT2D eigenvalue weighted by Crippen LogP contribution is 2.48. The van der Waals surface area contributed by atoms with Crippen LogP contribution in [0.3, 0.4) is 0 Å². The van der Waals surface area contributed by atoms with Crippen molar-refractivity contribution in [2.75, 3.05) is 18.0 Å². The van der Waals surface area contributed by atoms with Crippen molar-refractivity contribution in [2.24, 2.45) is 17.6 Å². The smallest absolute Gasteiger partial charge is 0.405 e. The molecule has 148 valence electrons. The second-order valence-electron chi connectivity index (χ2n) is 8.70. The van der Waals surface area contributed by atoms with Crippen LogP contribution in [0.5, 0.6) is 0 Å². The molecule has 1 heterocycles. The van der Waals surface area contributed by atoms with Crippen LogP contribution in [0.1, 0.15) is 43.9 Å². The van der Waals surface area contributed by atoms with Crippen LogP contribution in [0.25, 0.3) is 0 Å². The predicted molar refractivity (Wildman–Crippen MR) is 108 cm³/mol. The number of anilines is 1. The van der Waals surface area contributed by atoms with Gasteiger partial charge in [0.05, 0.1) is 0 Å². The molecule has 4 rings (SSSR count). The fourth-order valence-electron chi connectivity index (χ4n) is 4.58. The van der Waals surface area contributed by atoms with E-state index in [2.05, 4.69) is 18.7 Å². The summed E-state index contributed by atoms with van der Waals surface area (Å²) in [5, 5.41) is 0. The molecule has 2 aromatic rings. The molecule has 0 aromatic heterocycles. The minimum Gasteiger partial charge on any atom is -0.441 e. The molecular weight excluding hydrogens is 355 g/mol. The van der Waals surface area contributed by atoms with E-state index in [1.165, 1.54) is 6.07 Å². The van der Waals surface area contributed by atoms with Gasteiger partial charge in [0.2, 0.25) is 0 Å². The molecule has 0 saturated heterocycles. The Hall–Kier alpha value is -2.56. The number of primary amides is 1. The summed E-state index contributed by atoms with van der Waals surface area (Å²) >= 11 is 0. The number of carbonyl (C=O) groups excluding carboxylic acids is 1. The van der Waals surface area contributed by atoms with E-state index in [1.54, 1.807) is 6.07 Å². The van der Waals surface area contributed by atoms with Gasteiger partial charge >= 0.3 is 6.09 Å². The van der Waals surface area contributed by atoms with Crippen molar-refractivity contribution in [3.63, 3.8) is 0 Å². The third-order valence-corrected chi connectivity index (χ3v) is 6.03. The van der Waals surface area contributed by atoms with Crippen molar-refractivity contribution in [1.82, 2.24) is 0 Å². The Morgan fingerprint density at radius 3 is 2.61 bits per heavy atom. The number of hydrogen-bond acceptors (Lipinski definition) is 3. The molecule has 1 aliphatic heterocycles. The van der Waals surface area contributed by atoms with Gasteiger partial charge in [0.1, 0.15) is 11.9 Å². The number of benzene rings is 2. The Morgan fingerprint density at radius 2 is 1.96 bits per heavy atom. The lowest BCUT2D eigenvalue weighted by molar-refractivity contribution is 0.0617. The zero-order valence-electron chi connectivity index (χ0n) is 16.4. The Bertz CT molecular complexity index is 864. The third-order valence-electron chi connectivity index (χ3n) is 6.03. The molecule has 0 spiro atoms. The zero-order chi connectivity index (χ0) is 19.9. The van der Waals surface area contributed by atoms with Crippen LogP contribution in [0.2, 0.25) is 0 Å². The van der Waals surface area contributed by atoms with Gasteiger partial charge in [-0.3, -0.25) is 0 Å². The molecule has 5 heteroatoms. The van der Waals surface area contributed by atoms with Gasteiger partial charge < -0.3 is 15.4 Å². The highest BCUT2D eigenvalue weighted by atomic mass is 19.1. The van der Waals surface area contributed by atoms with E-state index >= 15 is 0 Å². The largest absolute Gasteiger partial charge is 0.441 e. The first-order chi connectivity index (χ1) is 13.3. The third kappa shape index (κ3) is 3.71. The van der Waals surface area contributed by atoms with Crippen molar-refractivity contribution in [1.29, 1.82) is 0 Å². The highest BCUT2D eigenvalue weighted by molar-refractivity contribution is 5.65. The first-order valence-corrected chi connectivity index (χ1v) is 9.91. The molecule has 1 saturated carbocycles. The van der Waals surface area contributed by atoms with E-state index in [9.17, 15) is 9.18 Å². The summed E-state index contributed by atoms with van der Waals surface area (Å²) in [5.74, 6) is 0.436. The highest BCUT2D eigenvalue weighted by Gasteiger charge is 2.43. The molecule has 1 amide bonds. The number of ether oxygens (including phenoxy) is 1. The molecule has 2 N–H and O–H groups in total. The summed E-state index contributed by atoms with van der Waals surface area (Å²) in [6, 6.07) is 14.9. The van der Waals surface area contributed by atoms with Crippen molar-refractivity contribution < 1.29 is 13.9 Å². The topological polar surface area (TPSA) is 55.6 Å². The first kappa shape index (κ1) is 18.8. The quantitative estimate of drug-likeness (QED) is 0.782. The molecule has 2 aliphatic rings. The van der Waals surface area contributed by atoms with Crippen LogP contribution in [0.15, 0.2) is 48.5 Å². The molecule has 0 radical (unpaired) electrons. The SMILES string of the molecule is CC1(C)CN(CC(C2CC2)C(OC(N)=O)c2ccccc2)c2ccc(F)cc21. The van der Waals surface area contributed by atoms with Crippen LogP contribution >= 0.6 is 0 Å². The van der Waals surface area contributed by atoms with Gasteiger partial charge in [0.15, 0.2) is 0 Å². The maximum atomic E-state index is 13.8. The van der Waals surface area contributed by atoms with Crippen LogP contribution in [-0.2, 0) is 10.2 Å². The summed E-state index contributed by atoms with van der Waals surface area (Å²) in [5.41, 5.74) is 8.37. The standard InChI is InChI=1S/C23H27FN2O2/c1-23(2)14-26(20-11-10-17(24)12-19(20)23)13-18(15-8-9-15)21(28-22(25)27)16-6-4-3-5-7-16/h3-7,10-12,15,18,21H,8-9,13-14H2,1-2H3,(H2,25,27). The maximum absolute atomic E-state index is 13.8. The fraction of sp³-hybridized carbons (Fsp3) is 0.435. The van der Waals surface area contributed by atoms with Crippen molar-refractivity contribution in [3.8, 4) is 0 Å².